The second-order valence-electron chi connectivity index (χ2n) is 4.18. The number of halogens is 1. The van der Waals surface area contributed by atoms with Gasteiger partial charge in [-0.25, -0.2) is 0 Å². The average molecular weight is 334 g/mol. The molecule has 1 N–H and O–H groups in total. The predicted molar refractivity (Wildman–Crippen MR) is 82.1 cm³/mol. The lowest BCUT2D eigenvalue weighted by Crippen LogP contribution is -2.12. The molecule has 0 saturated heterocycles. The van der Waals surface area contributed by atoms with Crippen molar-refractivity contribution in [2.24, 2.45) is 0 Å². The zero-order chi connectivity index (χ0) is 13.1. The molecular formula is C14H12BrN3S. The molecule has 0 spiro atoms. The third-order valence-electron chi connectivity index (χ3n) is 2.90. The number of benzene rings is 1. The molecule has 3 nitrogen and oxygen atoms in total. The van der Waals surface area contributed by atoms with Crippen molar-refractivity contribution in [2.75, 3.05) is 0 Å². The van der Waals surface area contributed by atoms with Crippen molar-refractivity contribution in [2.45, 2.75) is 13.1 Å². The minimum atomic E-state index is 0.804. The summed E-state index contributed by atoms with van der Waals surface area (Å²) >= 11 is 5.23. The first-order valence-corrected chi connectivity index (χ1v) is 7.62. The molecule has 0 aliphatic carbocycles. The molecule has 0 atom stereocenters. The molecule has 0 aliphatic heterocycles. The van der Waals surface area contributed by atoms with Crippen LogP contribution in [0.15, 0.2) is 46.6 Å². The molecule has 19 heavy (non-hydrogen) atoms. The van der Waals surface area contributed by atoms with E-state index >= 15 is 0 Å². The fourth-order valence-electron chi connectivity index (χ4n) is 1.99. The highest BCUT2D eigenvalue weighted by Gasteiger charge is 2.05. The zero-order valence-corrected chi connectivity index (χ0v) is 12.5. The highest BCUT2D eigenvalue weighted by molar-refractivity contribution is 9.10. The Balaban J connectivity index is 1.79. The van der Waals surface area contributed by atoms with Gasteiger partial charge in [-0.05, 0) is 17.7 Å². The van der Waals surface area contributed by atoms with Gasteiger partial charge >= 0.3 is 0 Å². The molecule has 0 saturated carbocycles. The van der Waals surface area contributed by atoms with Gasteiger partial charge in [0.2, 0.25) is 0 Å². The van der Waals surface area contributed by atoms with Gasteiger partial charge in [0.15, 0.2) is 0 Å². The van der Waals surface area contributed by atoms with Gasteiger partial charge in [-0.15, -0.1) is 11.3 Å². The Kier molecular flexibility index (Phi) is 3.87. The molecule has 1 aromatic carbocycles. The fraction of sp³-hybridized carbons (Fsp3) is 0.143. The van der Waals surface area contributed by atoms with E-state index in [0.29, 0.717) is 0 Å². The molecule has 2 aromatic heterocycles. The van der Waals surface area contributed by atoms with E-state index < -0.39 is 0 Å². The van der Waals surface area contributed by atoms with Crippen molar-refractivity contribution in [1.82, 2.24) is 15.3 Å². The number of nitrogens with zero attached hydrogens (tertiary/aromatic N) is 2. The number of nitrogens with one attached hydrogen (secondary N) is 1. The Morgan fingerprint density at radius 3 is 3.00 bits per heavy atom. The lowest BCUT2D eigenvalue weighted by molar-refractivity contribution is 0.702. The number of rotatable bonds is 4. The number of hydrogen-bond acceptors (Lipinski definition) is 4. The summed E-state index contributed by atoms with van der Waals surface area (Å²) in [6, 6.07) is 8.23. The van der Waals surface area contributed by atoms with Crippen molar-refractivity contribution < 1.29 is 0 Å². The van der Waals surface area contributed by atoms with Crippen molar-refractivity contribution in [3.05, 3.63) is 57.1 Å². The van der Waals surface area contributed by atoms with Crippen molar-refractivity contribution in [3.63, 3.8) is 0 Å². The van der Waals surface area contributed by atoms with Crippen molar-refractivity contribution in [1.29, 1.82) is 0 Å². The maximum Gasteiger partial charge on any atom is 0.0794 e. The maximum absolute atomic E-state index is 4.48. The summed E-state index contributed by atoms with van der Waals surface area (Å²) in [5.41, 5.74) is 4.12. The van der Waals surface area contributed by atoms with Gasteiger partial charge in [0.25, 0.3) is 0 Å². The second-order valence-corrected chi connectivity index (χ2v) is 6.00. The number of pyridine rings is 1. The van der Waals surface area contributed by atoms with Gasteiger partial charge in [-0.1, -0.05) is 28.1 Å². The zero-order valence-electron chi connectivity index (χ0n) is 10.1. The minimum absolute atomic E-state index is 0.804. The van der Waals surface area contributed by atoms with Crippen LogP contribution in [0, 0.1) is 0 Å². The minimum Gasteiger partial charge on any atom is -0.308 e. The molecule has 0 bridgehead atoms. The van der Waals surface area contributed by atoms with Crippen LogP contribution in [0.3, 0.4) is 0 Å². The Bertz CT molecular complexity index is 682. The third kappa shape index (κ3) is 2.83. The lowest BCUT2D eigenvalue weighted by Gasteiger charge is -2.08. The molecular weight excluding hydrogens is 322 g/mol. The molecule has 0 fully saturated rings. The van der Waals surface area contributed by atoms with E-state index in [0.717, 1.165) is 28.5 Å². The number of hydrogen-bond donors (Lipinski definition) is 1. The van der Waals surface area contributed by atoms with E-state index in [1.54, 1.807) is 11.3 Å². The number of thiazole rings is 1. The van der Waals surface area contributed by atoms with Crippen LogP contribution in [0.25, 0.3) is 10.9 Å². The second kappa shape index (κ2) is 5.77. The summed E-state index contributed by atoms with van der Waals surface area (Å²) in [7, 11) is 0. The molecule has 5 heteroatoms. The number of aromatic nitrogens is 2. The molecule has 0 radical (unpaired) electrons. The Labute approximate surface area is 123 Å². The summed E-state index contributed by atoms with van der Waals surface area (Å²) < 4.78 is 1.09. The molecule has 0 unspecified atom stereocenters. The number of fused-ring (bicyclic) bond motifs is 1. The summed E-state index contributed by atoms with van der Waals surface area (Å²) in [6.45, 7) is 1.65. The van der Waals surface area contributed by atoms with Crippen molar-refractivity contribution in [3.8, 4) is 0 Å². The van der Waals surface area contributed by atoms with Crippen LogP contribution in [0.5, 0.6) is 0 Å². The molecule has 3 aromatic rings. The summed E-state index contributed by atoms with van der Waals surface area (Å²) in [5.74, 6) is 0. The van der Waals surface area contributed by atoms with Gasteiger partial charge in [0, 0.05) is 40.2 Å². The van der Waals surface area contributed by atoms with Crippen LogP contribution in [0.4, 0.5) is 0 Å². The standard InChI is InChI=1S/C14H12BrN3S/c15-13-4-3-10(14-12(13)2-1-5-18-14)6-16-7-11-8-17-9-19-11/h1-5,8-9,16H,6-7H2. The summed E-state index contributed by atoms with van der Waals surface area (Å²) in [4.78, 5) is 9.79. The van der Waals surface area contributed by atoms with Gasteiger partial charge in [-0.2, -0.15) is 0 Å². The van der Waals surface area contributed by atoms with Crippen LogP contribution in [-0.4, -0.2) is 9.97 Å². The van der Waals surface area contributed by atoms with E-state index in [-0.39, 0.29) is 0 Å². The van der Waals surface area contributed by atoms with Gasteiger partial charge in [-0.3, -0.25) is 9.97 Å². The third-order valence-corrected chi connectivity index (χ3v) is 4.37. The van der Waals surface area contributed by atoms with E-state index in [2.05, 4.69) is 49.4 Å². The van der Waals surface area contributed by atoms with Crippen molar-refractivity contribution >= 4 is 38.2 Å². The van der Waals surface area contributed by atoms with Gasteiger partial charge in [0.05, 0.1) is 11.0 Å². The smallest absolute Gasteiger partial charge is 0.0794 e. The Hall–Kier alpha value is -1.30. The summed E-state index contributed by atoms with van der Waals surface area (Å²) in [5, 5.41) is 4.58. The van der Waals surface area contributed by atoms with E-state index in [9.17, 15) is 0 Å². The largest absolute Gasteiger partial charge is 0.308 e. The Morgan fingerprint density at radius 2 is 2.16 bits per heavy atom. The van der Waals surface area contributed by atoms with Crippen LogP contribution in [-0.2, 0) is 13.1 Å². The van der Waals surface area contributed by atoms with E-state index in [1.165, 1.54) is 10.4 Å². The normalized spacial score (nSPS) is 11.0. The maximum atomic E-state index is 4.48. The highest BCUT2D eigenvalue weighted by atomic mass is 79.9. The molecule has 2 heterocycles. The first-order chi connectivity index (χ1) is 9.34. The quantitative estimate of drug-likeness (QED) is 0.790. The average Bonchev–Trinajstić information content (AvgIpc) is 2.95. The van der Waals surface area contributed by atoms with Crippen LogP contribution in [0.1, 0.15) is 10.4 Å². The van der Waals surface area contributed by atoms with Crippen LogP contribution < -0.4 is 5.32 Å². The highest BCUT2D eigenvalue weighted by Crippen LogP contribution is 2.25. The predicted octanol–water partition coefficient (Wildman–Crippen LogP) is 3.74. The van der Waals surface area contributed by atoms with Crippen LogP contribution in [0.2, 0.25) is 0 Å². The van der Waals surface area contributed by atoms with E-state index in [1.807, 2.05) is 24.0 Å². The first-order valence-electron chi connectivity index (χ1n) is 5.95. The summed E-state index contributed by atoms with van der Waals surface area (Å²) in [6.07, 6.45) is 3.73. The molecule has 96 valence electrons. The van der Waals surface area contributed by atoms with Gasteiger partial charge in [0.1, 0.15) is 0 Å². The SMILES string of the molecule is Brc1ccc(CNCc2cncs2)c2ncccc12. The van der Waals surface area contributed by atoms with Crippen LogP contribution >= 0.6 is 27.3 Å². The van der Waals surface area contributed by atoms with Gasteiger partial charge < -0.3 is 5.32 Å². The first kappa shape index (κ1) is 12.7. The molecule has 3 rings (SSSR count). The molecule has 0 aliphatic rings. The van der Waals surface area contributed by atoms with E-state index in [4.69, 9.17) is 0 Å². The monoisotopic (exact) mass is 333 g/mol. The Morgan fingerprint density at radius 1 is 1.21 bits per heavy atom. The lowest BCUT2D eigenvalue weighted by atomic mass is 10.1. The fourth-order valence-corrected chi connectivity index (χ4v) is 3.01. The topological polar surface area (TPSA) is 37.8 Å². The molecule has 0 amide bonds.